The lowest BCUT2D eigenvalue weighted by Crippen LogP contribution is -2.46. The molecule has 10 heteroatoms. The standard InChI is InChI=1S/C20H25FN4O4S/c1-2-3-12-25-19(26)9-8-18(22-25)20(27)24-13-10-16(11-14-24)23-30(28,29)17-6-4-15(21)5-7-17/h4-9,16,23H,2-3,10-14H2,1H3. The molecule has 3 rings (SSSR count). The fourth-order valence-corrected chi connectivity index (χ4v) is 4.60. The summed E-state index contributed by atoms with van der Waals surface area (Å²) in [4.78, 5) is 26.2. The lowest BCUT2D eigenvalue weighted by molar-refractivity contribution is 0.0702. The third-order valence-electron chi connectivity index (χ3n) is 5.04. The van der Waals surface area contributed by atoms with E-state index >= 15 is 0 Å². The third-order valence-corrected chi connectivity index (χ3v) is 6.57. The SMILES string of the molecule is CCCCn1nc(C(=O)N2CCC(NS(=O)(=O)c3ccc(F)cc3)CC2)ccc1=O. The Morgan fingerprint density at radius 2 is 1.83 bits per heavy atom. The molecular formula is C20H25FN4O4S. The zero-order valence-electron chi connectivity index (χ0n) is 16.8. The van der Waals surface area contributed by atoms with E-state index in [1.54, 1.807) is 4.90 Å². The van der Waals surface area contributed by atoms with Gasteiger partial charge in [-0.05, 0) is 49.6 Å². The van der Waals surface area contributed by atoms with Gasteiger partial charge in [-0.1, -0.05) is 13.3 Å². The first-order valence-corrected chi connectivity index (χ1v) is 11.4. The van der Waals surface area contributed by atoms with E-state index in [1.165, 1.54) is 28.9 Å². The van der Waals surface area contributed by atoms with Crippen LogP contribution in [0.5, 0.6) is 0 Å². The summed E-state index contributed by atoms with van der Waals surface area (Å²) in [5.74, 6) is -0.782. The number of piperidine rings is 1. The Labute approximate surface area is 174 Å². The van der Waals surface area contributed by atoms with E-state index in [0.29, 0.717) is 32.5 Å². The lowest BCUT2D eigenvalue weighted by atomic mass is 10.1. The van der Waals surface area contributed by atoms with Gasteiger partial charge in [0.2, 0.25) is 10.0 Å². The number of likely N-dealkylation sites (tertiary alicyclic amines) is 1. The normalized spacial score (nSPS) is 15.3. The molecule has 0 atom stereocenters. The number of unbranched alkanes of at least 4 members (excludes halogenated alkanes) is 1. The van der Waals surface area contributed by atoms with E-state index in [1.807, 2.05) is 6.92 Å². The maximum absolute atomic E-state index is 13.0. The van der Waals surface area contributed by atoms with E-state index in [2.05, 4.69) is 9.82 Å². The van der Waals surface area contributed by atoms with Crippen LogP contribution < -0.4 is 10.3 Å². The Morgan fingerprint density at radius 1 is 1.17 bits per heavy atom. The number of hydrogen-bond acceptors (Lipinski definition) is 5. The molecule has 30 heavy (non-hydrogen) atoms. The molecule has 0 aliphatic carbocycles. The molecule has 1 aliphatic rings. The van der Waals surface area contributed by atoms with Crippen molar-refractivity contribution in [1.82, 2.24) is 19.4 Å². The number of aromatic nitrogens is 2. The smallest absolute Gasteiger partial charge is 0.274 e. The van der Waals surface area contributed by atoms with Gasteiger partial charge in [-0.25, -0.2) is 22.2 Å². The van der Waals surface area contributed by atoms with E-state index in [4.69, 9.17) is 0 Å². The molecule has 0 bridgehead atoms. The van der Waals surface area contributed by atoms with Crippen molar-refractivity contribution in [2.75, 3.05) is 13.1 Å². The minimum Gasteiger partial charge on any atom is -0.337 e. The molecule has 1 N–H and O–H groups in total. The topological polar surface area (TPSA) is 101 Å². The van der Waals surface area contributed by atoms with Gasteiger partial charge in [-0.3, -0.25) is 9.59 Å². The van der Waals surface area contributed by atoms with E-state index in [0.717, 1.165) is 25.0 Å². The van der Waals surface area contributed by atoms with Gasteiger partial charge in [0.25, 0.3) is 11.5 Å². The van der Waals surface area contributed by atoms with Crippen LogP contribution in [0.4, 0.5) is 4.39 Å². The van der Waals surface area contributed by atoms with Crippen molar-refractivity contribution < 1.29 is 17.6 Å². The summed E-state index contributed by atoms with van der Waals surface area (Å²) in [6.07, 6.45) is 2.60. The highest BCUT2D eigenvalue weighted by Gasteiger charge is 2.28. The zero-order chi connectivity index (χ0) is 21.7. The second-order valence-corrected chi connectivity index (χ2v) is 8.99. The maximum Gasteiger partial charge on any atom is 0.274 e. The van der Waals surface area contributed by atoms with Crippen LogP contribution >= 0.6 is 0 Å². The second-order valence-electron chi connectivity index (χ2n) is 7.28. The summed E-state index contributed by atoms with van der Waals surface area (Å²) in [6.45, 7) is 3.20. The van der Waals surface area contributed by atoms with Crippen LogP contribution in [0.25, 0.3) is 0 Å². The summed E-state index contributed by atoms with van der Waals surface area (Å²) in [7, 11) is -3.76. The number of sulfonamides is 1. The summed E-state index contributed by atoms with van der Waals surface area (Å²) < 4.78 is 41.8. The summed E-state index contributed by atoms with van der Waals surface area (Å²) in [5.41, 5.74) is -0.0371. The van der Waals surface area contributed by atoms with Gasteiger partial charge in [0.05, 0.1) is 4.90 Å². The van der Waals surface area contributed by atoms with Gasteiger partial charge in [-0.2, -0.15) is 5.10 Å². The number of nitrogens with one attached hydrogen (secondary N) is 1. The number of benzene rings is 1. The van der Waals surface area contributed by atoms with Crippen molar-refractivity contribution in [2.45, 2.75) is 50.1 Å². The van der Waals surface area contributed by atoms with E-state index < -0.39 is 15.8 Å². The first-order chi connectivity index (χ1) is 14.3. The monoisotopic (exact) mass is 436 g/mol. The van der Waals surface area contributed by atoms with Gasteiger partial charge in [0, 0.05) is 31.7 Å². The van der Waals surface area contributed by atoms with Crippen molar-refractivity contribution in [2.24, 2.45) is 0 Å². The second kappa shape index (κ2) is 9.48. The molecule has 2 heterocycles. The average molecular weight is 437 g/mol. The fraction of sp³-hybridized carbons (Fsp3) is 0.450. The van der Waals surface area contributed by atoms with Crippen LogP contribution in [0, 0.1) is 5.82 Å². The highest BCUT2D eigenvalue weighted by molar-refractivity contribution is 7.89. The number of carbonyl (C=O) groups is 1. The Hall–Kier alpha value is -2.59. The summed E-state index contributed by atoms with van der Waals surface area (Å²) in [5, 5.41) is 4.18. The van der Waals surface area contributed by atoms with Gasteiger partial charge < -0.3 is 4.90 Å². The molecule has 1 amide bonds. The molecule has 1 aliphatic heterocycles. The number of carbonyl (C=O) groups excluding carboxylic acids is 1. The predicted molar refractivity (Wildman–Crippen MR) is 109 cm³/mol. The Morgan fingerprint density at radius 3 is 2.47 bits per heavy atom. The first-order valence-electron chi connectivity index (χ1n) is 9.95. The Kier molecular flexibility index (Phi) is 6.99. The molecule has 1 saturated heterocycles. The fourth-order valence-electron chi connectivity index (χ4n) is 3.29. The molecule has 0 radical (unpaired) electrons. The van der Waals surface area contributed by atoms with Gasteiger partial charge >= 0.3 is 0 Å². The van der Waals surface area contributed by atoms with Crippen molar-refractivity contribution >= 4 is 15.9 Å². The third kappa shape index (κ3) is 5.31. The molecule has 0 spiro atoms. The van der Waals surface area contributed by atoms with Crippen LogP contribution in [0.1, 0.15) is 43.1 Å². The highest BCUT2D eigenvalue weighted by Crippen LogP contribution is 2.17. The predicted octanol–water partition coefficient (Wildman–Crippen LogP) is 1.77. The van der Waals surface area contributed by atoms with Crippen LogP contribution in [0.15, 0.2) is 46.1 Å². The molecular weight excluding hydrogens is 411 g/mol. The van der Waals surface area contributed by atoms with Gasteiger partial charge in [0.15, 0.2) is 0 Å². The van der Waals surface area contributed by atoms with Crippen molar-refractivity contribution in [3.8, 4) is 0 Å². The number of nitrogens with zero attached hydrogens (tertiary/aromatic N) is 3. The van der Waals surface area contributed by atoms with E-state index in [-0.39, 0.29) is 28.1 Å². The largest absolute Gasteiger partial charge is 0.337 e. The highest BCUT2D eigenvalue weighted by atomic mass is 32.2. The van der Waals surface area contributed by atoms with Crippen molar-refractivity contribution in [3.63, 3.8) is 0 Å². The Bertz CT molecular complexity index is 1050. The molecule has 0 saturated carbocycles. The first kappa shape index (κ1) is 22.1. The average Bonchev–Trinajstić information content (AvgIpc) is 2.73. The number of rotatable bonds is 7. The molecule has 1 aromatic carbocycles. The van der Waals surface area contributed by atoms with Gasteiger partial charge in [-0.15, -0.1) is 0 Å². The number of halogens is 1. The van der Waals surface area contributed by atoms with Crippen LogP contribution in [0.3, 0.4) is 0 Å². The molecule has 1 aromatic heterocycles. The molecule has 1 fully saturated rings. The minimum absolute atomic E-state index is 0.000872. The zero-order valence-corrected chi connectivity index (χ0v) is 17.6. The number of amides is 1. The van der Waals surface area contributed by atoms with Crippen molar-refractivity contribution in [3.05, 3.63) is 58.3 Å². The van der Waals surface area contributed by atoms with Crippen LogP contribution in [0.2, 0.25) is 0 Å². The van der Waals surface area contributed by atoms with Gasteiger partial charge in [0.1, 0.15) is 11.5 Å². The maximum atomic E-state index is 13.0. The molecule has 8 nitrogen and oxygen atoms in total. The van der Waals surface area contributed by atoms with Crippen molar-refractivity contribution in [1.29, 1.82) is 0 Å². The summed E-state index contributed by atoms with van der Waals surface area (Å²) >= 11 is 0. The molecule has 0 unspecified atom stereocenters. The molecule has 2 aromatic rings. The van der Waals surface area contributed by atoms with E-state index in [9.17, 15) is 22.4 Å². The number of aryl methyl sites for hydroxylation is 1. The van der Waals surface area contributed by atoms with Crippen LogP contribution in [-0.2, 0) is 16.6 Å². The summed E-state index contributed by atoms with van der Waals surface area (Å²) in [6, 6.07) is 7.09. The Balaban J connectivity index is 1.60. The lowest BCUT2D eigenvalue weighted by Gasteiger charge is -2.32. The quantitative estimate of drug-likeness (QED) is 0.713. The molecule has 162 valence electrons. The minimum atomic E-state index is -3.76. The van der Waals surface area contributed by atoms with Crippen LogP contribution in [-0.4, -0.2) is 48.1 Å². The number of hydrogen-bond donors (Lipinski definition) is 1.